The summed E-state index contributed by atoms with van der Waals surface area (Å²) in [6, 6.07) is 7.59. The second-order valence-electron chi connectivity index (χ2n) is 3.96. The van der Waals surface area contributed by atoms with Crippen LogP contribution in [-0.4, -0.2) is 16.5 Å². The normalized spacial score (nSPS) is 9.85. The van der Waals surface area contributed by atoms with Crippen molar-refractivity contribution in [2.75, 3.05) is 22.9 Å². The first kappa shape index (κ1) is 13.5. The summed E-state index contributed by atoms with van der Waals surface area (Å²) in [5, 5.41) is 14.8. The second-order valence-corrected chi connectivity index (χ2v) is 3.96. The molecule has 1 aromatic carbocycles. The van der Waals surface area contributed by atoms with Crippen LogP contribution in [0.1, 0.15) is 12.5 Å². The van der Waals surface area contributed by atoms with Gasteiger partial charge < -0.3 is 16.4 Å². The molecule has 20 heavy (non-hydrogen) atoms. The molecule has 102 valence electrons. The maximum Gasteiger partial charge on any atom is 0.223 e. The van der Waals surface area contributed by atoms with E-state index in [0.717, 1.165) is 0 Å². The Hall–Kier alpha value is -2.88. The highest BCUT2D eigenvalue weighted by Gasteiger charge is 2.05. The van der Waals surface area contributed by atoms with Crippen molar-refractivity contribution in [3.63, 3.8) is 0 Å². The van der Waals surface area contributed by atoms with Crippen molar-refractivity contribution >= 4 is 23.3 Å². The van der Waals surface area contributed by atoms with Crippen molar-refractivity contribution in [2.24, 2.45) is 0 Å². The van der Waals surface area contributed by atoms with E-state index in [-0.39, 0.29) is 11.5 Å². The molecule has 7 heteroatoms. The molecule has 0 saturated carbocycles. The molecule has 0 amide bonds. The number of nitrogen functional groups attached to an aromatic ring is 1. The quantitative estimate of drug-likeness (QED) is 0.789. The van der Waals surface area contributed by atoms with Gasteiger partial charge in [0, 0.05) is 18.3 Å². The van der Waals surface area contributed by atoms with Crippen LogP contribution >= 0.6 is 0 Å². The van der Waals surface area contributed by atoms with Crippen molar-refractivity contribution in [3.8, 4) is 6.07 Å². The number of anilines is 4. The van der Waals surface area contributed by atoms with Gasteiger partial charge in [0.15, 0.2) is 0 Å². The number of hydrogen-bond donors (Lipinski definition) is 3. The number of nitrogens with two attached hydrogens (primary N) is 1. The van der Waals surface area contributed by atoms with Crippen LogP contribution in [0.25, 0.3) is 0 Å². The minimum absolute atomic E-state index is 0.0380. The first-order valence-electron chi connectivity index (χ1n) is 5.97. The number of halogens is 1. The van der Waals surface area contributed by atoms with Crippen LogP contribution in [0.3, 0.4) is 0 Å². The molecule has 0 fully saturated rings. The number of aromatic nitrogens is 2. The minimum Gasteiger partial charge on any atom is -0.370 e. The van der Waals surface area contributed by atoms with Gasteiger partial charge in [-0.15, -0.1) is 0 Å². The summed E-state index contributed by atoms with van der Waals surface area (Å²) < 4.78 is 13.2. The van der Waals surface area contributed by atoms with Gasteiger partial charge in [-0.3, -0.25) is 0 Å². The first-order chi connectivity index (χ1) is 9.62. The lowest BCUT2D eigenvalue weighted by Crippen LogP contribution is -2.05. The van der Waals surface area contributed by atoms with Gasteiger partial charge in [0.2, 0.25) is 5.95 Å². The lowest BCUT2D eigenvalue weighted by atomic mass is 10.2. The van der Waals surface area contributed by atoms with Crippen molar-refractivity contribution in [3.05, 3.63) is 35.6 Å². The number of nitrogens with one attached hydrogen (secondary N) is 2. The van der Waals surface area contributed by atoms with Crippen molar-refractivity contribution in [1.29, 1.82) is 5.26 Å². The summed E-state index contributed by atoms with van der Waals surface area (Å²) >= 11 is 0. The fourth-order valence-electron chi connectivity index (χ4n) is 1.64. The zero-order valence-corrected chi connectivity index (χ0v) is 10.8. The molecule has 0 radical (unpaired) electrons. The summed E-state index contributed by atoms with van der Waals surface area (Å²) in [7, 11) is 0. The molecular weight excluding hydrogens is 259 g/mol. The molecule has 0 atom stereocenters. The van der Waals surface area contributed by atoms with Crippen molar-refractivity contribution in [2.45, 2.75) is 6.92 Å². The molecule has 0 aliphatic heterocycles. The first-order valence-corrected chi connectivity index (χ1v) is 5.97. The second kappa shape index (κ2) is 5.84. The average Bonchev–Trinajstić information content (AvgIpc) is 2.40. The van der Waals surface area contributed by atoms with Crippen LogP contribution in [-0.2, 0) is 0 Å². The highest BCUT2D eigenvalue weighted by atomic mass is 19.1. The summed E-state index contributed by atoms with van der Waals surface area (Å²) in [6.07, 6.45) is 0. The van der Waals surface area contributed by atoms with Crippen LogP contribution < -0.4 is 16.4 Å². The number of benzene rings is 1. The molecule has 0 unspecified atom stereocenters. The molecule has 0 aliphatic carbocycles. The standard InChI is InChI=1S/C13H13FN6/c1-2-17-11-6-12(20-13(16)19-11)18-9-3-4-10(14)8(5-9)7-15/h3-6H,2H2,1H3,(H4,16,17,18,19,20). The van der Waals surface area contributed by atoms with E-state index in [1.807, 2.05) is 6.92 Å². The molecule has 1 heterocycles. The third-order valence-corrected chi connectivity index (χ3v) is 2.46. The number of hydrogen-bond acceptors (Lipinski definition) is 6. The van der Waals surface area contributed by atoms with Crippen LogP contribution in [0.5, 0.6) is 0 Å². The number of rotatable bonds is 4. The van der Waals surface area contributed by atoms with Crippen LogP contribution in [0, 0.1) is 17.1 Å². The lowest BCUT2D eigenvalue weighted by Gasteiger charge is -2.09. The fraction of sp³-hybridized carbons (Fsp3) is 0.154. The van der Waals surface area contributed by atoms with Gasteiger partial charge in [-0.05, 0) is 25.1 Å². The summed E-state index contributed by atoms with van der Waals surface area (Å²) in [5.41, 5.74) is 6.12. The maximum atomic E-state index is 13.2. The summed E-state index contributed by atoms with van der Waals surface area (Å²) in [5.74, 6) is 0.608. The third-order valence-electron chi connectivity index (χ3n) is 2.46. The molecule has 0 aliphatic rings. The van der Waals surface area contributed by atoms with Gasteiger partial charge in [0.25, 0.3) is 0 Å². The highest BCUT2D eigenvalue weighted by molar-refractivity contribution is 5.62. The highest BCUT2D eigenvalue weighted by Crippen LogP contribution is 2.20. The maximum absolute atomic E-state index is 13.2. The SMILES string of the molecule is CCNc1cc(Nc2ccc(F)c(C#N)c2)nc(N)n1. The molecule has 0 spiro atoms. The van der Waals surface area contributed by atoms with Crippen molar-refractivity contribution < 1.29 is 4.39 Å². The molecule has 4 N–H and O–H groups in total. The van der Waals surface area contributed by atoms with Crippen LogP contribution in [0.4, 0.5) is 27.7 Å². The van der Waals surface area contributed by atoms with Crippen molar-refractivity contribution in [1.82, 2.24) is 9.97 Å². The van der Waals surface area contributed by atoms with E-state index in [4.69, 9.17) is 11.0 Å². The Morgan fingerprint density at radius 1 is 1.30 bits per heavy atom. The molecule has 2 aromatic rings. The Kier molecular flexibility index (Phi) is 3.96. The smallest absolute Gasteiger partial charge is 0.223 e. The summed E-state index contributed by atoms with van der Waals surface area (Å²) in [4.78, 5) is 8.04. The topological polar surface area (TPSA) is 99.6 Å². The zero-order valence-electron chi connectivity index (χ0n) is 10.8. The predicted molar refractivity (Wildman–Crippen MR) is 75.0 cm³/mol. The van der Waals surface area contributed by atoms with Gasteiger partial charge in [0.05, 0.1) is 5.56 Å². The van der Waals surface area contributed by atoms with Gasteiger partial charge in [-0.25, -0.2) is 4.39 Å². The Morgan fingerprint density at radius 3 is 2.75 bits per heavy atom. The molecule has 0 saturated heterocycles. The van der Waals surface area contributed by atoms with E-state index in [9.17, 15) is 4.39 Å². The number of nitriles is 1. The van der Waals surface area contributed by atoms with E-state index in [2.05, 4.69) is 20.6 Å². The lowest BCUT2D eigenvalue weighted by molar-refractivity contribution is 0.624. The van der Waals surface area contributed by atoms with E-state index in [1.54, 1.807) is 12.1 Å². The van der Waals surface area contributed by atoms with Gasteiger partial charge in [-0.2, -0.15) is 15.2 Å². The molecule has 2 rings (SSSR count). The number of nitrogens with zero attached hydrogens (tertiary/aromatic N) is 3. The molecule has 6 nitrogen and oxygen atoms in total. The van der Waals surface area contributed by atoms with E-state index >= 15 is 0 Å². The molecule has 0 bridgehead atoms. The monoisotopic (exact) mass is 272 g/mol. The van der Waals surface area contributed by atoms with E-state index < -0.39 is 5.82 Å². The molecule has 1 aromatic heterocycles. The van der Waals surface area contributed by atoms with Gasteiger partial charge in [-0.1, -0.05) is 0 Å². The van der Waals surface area contributed by atoms with E-state index in [1.165, 1.54) is 18.2 Å². The summed E-state index contributed by atoms with van der Waals surface area (Å²) in [6.45, 7) is 2.63. The zero-order chi connectivity index (χ0) is 14.5. The Labute approximate surface area is 115 Å². The van der Waals surface area contributed by atoms with E-state index in [0.29, 0.717) is 23.9 Å². The minimum atomic E-state index is -0.561. The predicted octanol–water partition coefficient (Wildman–Crippen LogP) is 2.24. The average molecular weight is 272 g/mol. The Morgan fingerprint density at radius 2 is 2.05 bits per heavy atom. The Balaban J connectivity index is 2.28. The van der Waals surface area contributed by atoms with Crippen LogP contribution in [0.2, 0.25) is 0 Å². The van der Waals surface area contributed by atoms with Gasteiger partial charge in [0.1, 0.15) is 23.5 Å². The Bertz CT molecular complexity index is 664. The molecular formula is C13H13FN6. The fourth-order valence-corrected chi connectivity index (χ4v) is 1.64. The van der Waals surface area contributed by atoms with Crippen LogP contribution in [0.15, 0.2) is 24.3 Å². The van der Waals surface area contributed by atoms with Gasteiger partial charge >= 0.3 is 0 Å². The largest absolute Gasteiger partial charge is 0.370 e. The third kappa shape index (κ3) is 3.11.